The van der Waals surface area contributed by atoms with Gasteiger partial charge in [-0.25, -0.2) is 4.79 Å². The maximum Gasteiger partial charge on any atom is 0.334 e. The highest BCUT2D eigenvalue weighted by molar-refractivity contribution is 5.96. The number of allylic oxidation sites excluding steroid dienone is 2. The summed E-state index contributed by atoms with van der Waals surface area (Å²) in [4.78, 5) is 27.5. The fraction of sp³-hybridized carbons (Fsp3) is 0.714. The van der Waals surface area contributed by atoms with Gasteiger partial charge in [-0.15, -0.1) is 0 Å². The molecule has 6 nitrogen and oxygen atoms in total. The predicted molar refractivity (Wildman–Crippen MR) is 126 cm³/mol. The summed E-state index contributed by atoms with van der Waals surface area (Å²) in [5.41, 5.74) is -0.994. The summed E-state index contributed by atoms with van der Waals surface area (Å²) < 4.78 is 18.4. The van der Waals surface area contributed by atoms with Crippen molar-refractivity contribution in [1.29, 1.82) is 0 Å². The average Bonchev–Trinajstić information content (AvgIpc) is 3.25. The second kappa shape index (κ2) is 7.14. The molecule has 0 amide bonds. The van der Waals surface area contributed by atoms with Crippen molar-refractivity contribution in [2.45, 2.75) is 85.4 Å². The lowest BCUT2D eigenvalue weighted by atomic mass is 9.59. The molecule has 186 valence electrons. The Morgan fingerprint density at radius 1 is 1.26 bits per heavy atom. The summed E-state index contributed by atoms with van der Waals surface area (Å²) in [6, 6.07) is 0. The molecular formula is C28H38O6. The summed E-state index contributed by atoms with van der Waals surface area (Å²) in [7, 11) is 0. The third-order valence-corrected chi connectivity index (χ3v) is 9.65. The summed E-state index contributed by atoms with van der Waals surface area (Å²) in [6.07, 6.45) is 4.62. The van der Waals surface area contributed by atoms with E-state index >= 15 is 0 Å². The zero-order chi connectivity index (χ0) is 25.0. The number of ether oxygens (including phenoxy) is 3. The number of esters is 1. The zero-order valence-corrected chi connectivity index (χ0v) is 21.6. The van der Waals surface area contributed by atoms with Crippen LogP contribution >= 0.6 is 0 Å². The lowest BCUT2D eigenvalue weighted by Gasteiger charge is -2.52. The van der Waals surface area contributed by atoms with E-state index in [1.165, 1.54) is 0 Å². The van der Waals surface area contributed by atoms with Gasteiger partial charge in [0, 0.05) is 11.5 Å². The van der Waals surface area contributed by atoms with Crippen LogP contribution < -0.4 is 0 Å². The van der Waals surface area contributed by atoms with E-state index in [-0.39, 0.29) is 35.6 Å². The molecule has 1 N–H and O–H groups in total. The lowest BCUT2D eigenvalue weighted by Crippen LogP contribution is -2.68. The van der Waals surface area contributed by atoms with Crippen LogP contribution in [0, 0.1) is 34.5 Å². The van der Waals surface area contributed by atoms with Crippen LogP contribution in [0.25, 0.3) is 0 Å². The Bertz CT molecular complexity index is 1050. The van der Waals surface area contributed by atoms with Crippen molar-refractivity contribution in [2.75, 3.05) is 6.61 Å². The van der Waals surface area contributed by atoms with Gasteiger partial charge in [0.2, 0.25) is 0 Å². The molecule has 0 aromatic carbocycles. The van der Waals surface area contributed by atoms with E-state index in [0.717, 1.165) is 12.0 Å². The maximum absolute atomic E-state index is 14.6. The molecule has 1 heterocycles. The molecule has 34 heavy (non-hydrogen) atoms. The Balaban J connectivity index is 1.72. The largest absolute Gasteiger partial charge is 0.451 e. The average molecular weight is 471 g/mol. The van der Waals surface area contributed by atoms with Gasteiger partial charge < -0.3 is 19.3 Å². The zero-order valence-electron chi connectivity index (χ0n) is 21.6. The standard InChI is InChI=1S/C28H38O6/c1-9-14(2)24(30)33-22-15(3)12-27-16(4)10-19-20(25(19,5)6)18(21(27)29)11-17-13-32-26(7,8)34-23(17)28(22,27)31/h9,11-12,16,18-20,22-23,31H,10,13H2,1-8H3/b14-9+. The number of hydrogen-bond donors (Lipinski definition) is 1. The Kier molecular flexibility index (Phi) is 5.03. The minimum Gasteiger partial charge on any atom is -0.451 e. The van der Waals surface area contributed by atoms with Crippen LogP contribution in [0.15, 0.2) is 34.9 Å². The molecule has 1 saturated heterocycles. The van der Waals surface area contributed by atoms with Gasteiger partial charge in [-0.05, 0) is 75.4 Å². The van der Waals surface area contributed by atoms with Crippen molar-refractivity contribution >= 4 is 11.8 Å². The van der Waals surface area contributed by atoms with Gasteiger partial charge in [-0.1, -0.05) is 39.0 Å². The highest BCUT2D eigenvalue weighted by atomic mass is 16.7. The van der Waals surface area contributed by atoms with Crippen molar-refractivity contribution in [3.8, 4) is 0 Å². The molecule has 0 aromatic rings. The minimum absolute atomic E-state index is 0.0181. The van der Waals surface area contributed by atoms with Crippen LogP contribution in [0.2, 0.25) is 0 Å². The molecule has 5 rings (SSSR count). The van der Waals surface area contributed by atoms with Crippen LogP contribution in [0.1, 0.15) is 61.8 Å². The molecular weight excluding hydrogens is 432 g/mol. The molecule has 2 saturated carbocycles. The summed E-state index contributed by atoms with van der Waals surface area (Å²) in [5, 5.41) is 12.9. The van der Waals surface area contributed by atoms with E-state index in [4.69, 9.17) is 14.2 Å². The third kappa shape index (κ3) is 2.85. The smallest absolute Gasteiger partial charge is 0.334 e. The molecule has 0 radical (unpaired) electrons. The molecule has 2 bridgehead atoms. The second-order valence-corrected chi connectivity index (χ2v) is 12.2. The quantitative estimate of drug-likeness (QED) is 0.371. The molecule has 4 aliphatic carbocycles. The van der Waals surface area contributed by atoms with Gasteiger partial charge in [0.15, 0.2) is 23.3 Å². The molecule has 1 spiro atoms. The first kappa shape index (κ1) is 24.0. The minimum atomic E-state index is -1.76. The van der Waals surface area contributed by atoms with Gasteiger partial charge in [-0.2, -0.15) is 0 Å². The fourth-order valence-electron chi connectivity index (χ4n) is 7.62. The Morgan fingerprint density at radius 3 is 2.59 bits per heavy atom. The van der Waals surface area contributed by atoms with Gasteiger partial charge in [0.25, 0.3) is 0 Å². The second-order valence-electron chi connectivity index (χ2n) is 12.2. The van der Waals surface area contributed by atoms with E-state index in [1.807, 2.05) is 32.9 Å². The lowest BCUT2D eigenvalue weighted by molar-refractivity contribution is -0.303. The predicted octanol–water partition coefficient (Wildman–Crippen LogP) is 4.13. The van der Waals surface area contributed by atoms with Crippen LogP contribution in [-0.2, 0) is 23.8 Å². The number of carbonyl (C=O) groups excluding carboxylic acids is 2. The first-order valence-corrected chi connectivity index (χ1v) is 12.5. The number of Topliss-reactive ketones (excluding diaryl/α,β-unsaturated/α-hetero) is 1. The van der Waals surface area contributed by atoms with E-state index in [9.17, 15) is 14.7 Å². The van der Waals surface area contributed by atoms with Crippen LogP contribution in [0.5, 0.6) is 0 Å². The van der Waals surface area contributed by atoms with E-state index in [2.05, 4.69) is 20.8 Å². The number of aliphatic hydroxyl groups is 1. The topological polar surface area (TPSA) is 82.1 Å². The van der Waals surface area contributed by atoms with Crippen molar-refractivity contribution in [3.05, 3.63) is 34.9 Å². The summed E-state index contributed by atoms with van der Waals surface area (Å²) in [5.74, 6) is -1.30. The van der Waals surface area contributed by atoms with Crippen molar-refractivity contribution in [3.63, 3.8) is 0 Å². The maximum atomic E-state index is 14.6. The van der Waals surface area contributed by atoms with Crippen LogP contribution in [0.3, 0.4) is 0 Å². The van der Waals surface area contributed by atoms with E-state index in [0.29, 0.717) is 17.1 Å². The highest BCUT2D eigenvalue weighted by Crippen LogP contribution is 2.72. The van der Waals surface area contributed by atoms with Crippen LogP contribution in [-0.4, -0.2) is 47.1 Å². The van der Waals surface area contributed by atoms with Crippen LogP contribution in [0.4, 0.5) is 0 Å². The number of rotatable bonds is 2. The normalized spacial score (nSPS) is 46.1. The number of ketones is 1. The SMILES string of the molecule is C/C=C(\C)C(=O)OC1C(C)=CC23C(=O)C(C=C4COC(C)(C)OC4C12O)C1C(CC3C)C1(C)C. The molecule has 1 aliphatic heterocycles. The van der Waals surface area contributed by atoms with Gasteiger partial charge >= 0.3 is 5.97 Å². The fourth-order valence-corrected chi connectivity index (χ4v) is 7.62. The molecule has 3 fully saturated rings. The van der Waals surface area contributed by atoms with E-state index < -0.39 is 35.0 Å². The first-order valence-electron chi connectivity index (χ1n) is 12.5. The third-order valence-electron chi connectivity index (χ3n) is 9.65. The molecule has 0 aromatic heterocycles. The van der Waals surface area contributed by atoms with E-state index in [1.54, 1.807) is 19.9 Å². The molecule has 8 atom stereocenters. The van der Waals surface area contributed by atoms with Crippen molar-refractivity contribution < 1.29 is 28.9 Å². The van der Waals surface area contributed by atoms with Gasteiger partial charge in [-0.3, -0.25) is 4.79 Å². The molecule has 5 aliphatic rings. The Hall–Kier alpha value is -1.76. The summed E-state index contributed by atoms with van der Waals surface area (Å²) in [6.45, 7) is 15.8. The van der Waals surface area contributed by atoms with Gasteiger partial charge in [0.05, 0.1) is 12.0 Å². The summed E-state index contributed by atoms with van der Waals surface area (Å²) >= 11 is 0. The van der Waals surface area contributed by atoms with Crippen molar-refractivity contribution in [1.82, 2.24) is 0 Å². The Morgan fingerprint density at radius 2 is 1.94 bits per heavy atom. The Labute approximate surface area is 202 Å². The number of carbonyl (C=O) groups is 2. The van der Waals surface area contributed by atoms with Crippen molar-refractivity contribution in [2.24, 2.45) is 34.5 Å². The monoisotopic (exact) mass is 470 g/mol. The van der Waals surface area contributed by atoms with Gasteiger partial charge in [0.1, 0.15) is 6.10 Å². The highest BCUT2D eigenvalue weighted by Gasteiger charge is 2.77. The molecule has 8 unspecified atom stereocenters. The molecule has 6 heteroatoms. The first-order chi connectivity index (χ1) is 15.7. The number of hydrogen-bond acceptors (Lipinski definition) is 6. The number of fused-ring (bicyclic) bond motifs is 5.